The van der Waals surface area contributed by atoms with Crippen LogP contribution in [0, 0.1) is 0 Å². The topological polar surface area (TPSA) is 15.3 Å². The van der Waals surface area contributed by atoms with Gasteiger partial charge in [0.25, 0.3) is 0 Å². The van der Waals surface area contributed by atoms with Crippen LogP contribution in [0.5, 0.6) is 0 Å². The van der Waals surface area contributed by atoms with E-state index in [1.807, 2.05) is 0 Å². The third-order valence-corrected chi connectivity index (χ3v) is 4.32. The Morgan fingerprint density at radius 1 is 0.944 bits per heavy atom. The SMILES string of the molecule is c1ccc(N2CCCCC2)c(C2CCCCN2)c1. The van der Waals surface area contributed by atoms with Crippen LogP contribution in [0.4, 0.5) is 5.69 Å². The van der Waals surface area contributed by atoms with Crippen molar-refractivity contribution in [3.05, 3.63) is 29.8 Å². The fourth-order valence-electron chi connectivity index (χ4n) is 3.32. The zero-order valence-electron chi connectivity index (χ0n) is 11.2. The summed E-state index contributed by atoms with van der Waals surface area (Å²) in [5.74, 6) is 0. The predicted octanol–water partition coefficient (Wildman–Crippen LogP) is 3.49. The van der Waals surface area contributed by atoms with Gasteiger partial charge >= 0.3 is 0 Å². The lowest BCUT2D eigenvalue weighted by molar-refractivity contribution is 0.411. The molecule has 2 nitrogen and oxygen atoms in total. The quantitative estimate of drug-likeness (QED) is 0.856. The molecular weight excluding hydrogens is 220 g/mol. The summed E-state index contributed by atoms with van der Waals surface area (Å²) < 4.78 is 0. The van der Waals surface area contributed by atoms with Crippen molar-refractivity contribution >= 4 is 5.69 Å². The summed E-state index contributed by atoms with van der Waals surface area (Å²) in [5.41, 5.74) is 3.01. The van der Waals surface area contributed by atoms with Gasteiger partial charge in [0.15, 0.2) is 0 Å². The minimum absolute atomic E-state index is 0.580. The fraction of sp³-hybridized carbons (Fsp3) is 0.625. The molecule has 2 saturated heterocycles. The average Bonchev–Trinajstić information content (AvgIpc) is 2.49. The van der Waals surface area contributed by atoms with Gasteiger partial charge in [0.2, 0.25) is 0 Å². The molecule has 1 unspecified atom stereocenters. The number of nitrogens with zero attached hydrogens (tertiary/aromatic N) is 1. The lowest BCUT2D eigenvalue weighted by Gasteiger charge is -2.34. The molecule has 1 aromatic carbocycles. The zero-order valence-corrected chi connectivity index (χ0v) is 11.2. The van der Waals surface area contributed by atoms with E-state index in [4.69, 9.17) is 0 Å². The van der Waals surface area contributed by atoms with Crippen LogP contribution in [-0.2, 0) is 0 Å². The third-order valence-electron chi connectivity index (χ3n) is 4.32. The molecule has 0 radical (unpaired) electrons. The molecule has 18 heavy (non-hydrogen) atoms. The lowest BCUT2D eigenvalue weighted by atomic mass is 9.95. The molecule has 0 amide bonds. The van der Waals surface area contributed by atoms with Gasteiger partial charge in [0.1, 0.15) is 0 Å². The van der Waals surface area contributed by atoms with Crippen LogP contribution < -0.4 is 10.2 Å². The van der Waals surface area contributed by atoms with E-state index in [1.54, 1.807) is 0 Å². The molecule has 2 fully saturated rings. The van der Waals surface area contributed by atoms with Crippen LogP contribution in [0.25, 0.3) is 0 Å². The number of hydrogen-bond donors (Lipinski definition) is 1. The molecule has 1 aromatic rings. The summed E-state index contributed by atoms with van der Waals surface area (Å²) in [6.45, 7) is 3.66. The van der Waals surface area contributed by atoms with Crippen LogP contribution in [0.1, 0.15) is 50.1 Å². The number of para-hydroxylation sites is 1. The van der Waals surface area contributed by atoms with E-state index < -0.39 is 0 Å². The van der Waals surface area contributed by atoms with Gasteiger partial charge < -0.3 is 10.2 Å². The molecule has 2 aliphatic rings. The second kappa shape index (κ2) is 5.75. The number of anilines is 1. The van der Waals surface area contributed by atoms with E-state index in [0.717, 1.165) is 0 Å². The highest BCUT2D eigenvalue weighted by Crippen LogP contribution is 2.32. The Bertz CT molecular complexity index is 339. The number of piperidine rings is 2. The van der Waals surface area contributed by atoms with Gasteiger partial charge in [-0.3, -0.25) is 0 Å². The number of rotatable bonds is 2. The normalized spacial score (nSPS) is 25.1. The highest BCUT2D eigenvalue weighted by molar-refractivity contribution is 5.55. The van der Waals surface area contributed by atoms with E-state index >= 15 is 0 Å². The average molecular weight is 244 g/mol. The van der Waals surface area contributed by atoms with Gasteiger partial charge in [-0.25, -0.2) is 0 Å². The molecular formula is C16H24N2. The molecule has 3 rings (SSSR count). The molecule has 2 aliphatic heterocycles. The van der Waals surface area contributed by atoms with E-state index in [1.165, 1.54) is 69.4 Å². The minimum Gasteiger partial charge on any atom is -0.371 e. The monoisotopic (exact) mass is 244 g/mol. The van der Waals surface area contributed by atoms with Crippen molar-refractivity contribution < 1.29 is 0 Å². The summed E-state index contributed by atoms with van der Waals surface area (Å²) in [4.78, 5) is 2.59. The Labute approximate surface area is 110 Å². The molecule has 0 bridgehead atoms. The first-order valence-corrected chi connectivity index (χ1v) is 7.52. The molecule has 1 N–H and O–H groups in total. The molecule has 0 saturated carbocycles. The van der Waals surface area contributed by atoms with E-state index in [-0.39, 0.29) is 0 Å². The Balaban J connectivity index is 1.83. The van der Waals surface area contributed by atoms with E-state index in [0.29, 0.717) is 6.04 Å². The molecule has 0 aromatic heterocycles. The maximum atomic E-state index is 3.69. The molecule has 2 heteroatoms. The summed E-state index contributed by atoms with van der Waals surface area (Å²) in [6.07, 6.45) is 8.11. The first kappa shape index (κ1) is 12.0. The van der Waals surface area contributed by atoms with Crippen molar-refractivity contribution in [1.29, 1.82) is 0 Å². The van der Waals surface area contributed by atoms with Gasteiger partial charge in [0, 0.05) is 24.8 Å². The highest BCUT2D eigenvalue weighted by Gasteiger charge is 2.21. The fourth-order valence-corrected chi connectivity index (χ4v) is 3.32. The van der Waals surface area contributed by atoms with Crippen LogP contribution in [0.2, 0.25) is 0 Å². The standard InChI is InChI=1S/C16H24N2/c1-6-12-18(13-7-1)16-10-3-2-8-14(16)15-9-4-5-11-17-15/h2-3,8,10,15,17H,1,4-7,9,11-13H2. The van der Waals surface area contributed by atoms with Crippen molar-refractivity contribution in [2.45, 2.75) is 44.6 Å². The number of nitrogens with one attached hydrogen (secondary N) is 1. The largest absolute Gasteiger partial charge is 0.371 e. The van der Waals surface area contributed by atoms with Gasteiger partial charge in [-0.15, -0.1) is 0 Å². The van der Waals surface area contributed by atoms with Gasteiger partial charge in [0.05, 0.1) is 0 Å². The van der Waals surface area contributed by atoms with Crippen molar-refractivity contribution in [3.8, 4) is 0 Å². The van der Waals surface area contributed by atoms with Gasteiger partial charge in [-0.2, -0.15) is 0 Å². The van der Waals surface area contributed by atoms with Crippen molar-refractivity contribution in [1.82, 2.24) is 5.32 Å². The zero-order chi connectivity index (χ0) is 12.2. The van der Waals surface area contributed by atoms with Crippen LogP contribution in [-0.4, -0.2) is 19.6 Å². The van der Waals surface area contributed by atoms with Gasteiger partial charge in [-0.1, -0.05) is 24.6 Å². The molecule has 0 spiro atoms. The summed E-state index contributed by atoms with van der Waals surface area (Å²) >= 11 is 0. The summed E-state index contributed by atoms with van der Waals surface area (Å²) in [7, 11) is 0. The molecule has 1 atom stereocenters. The Morgan fingerprint density at radius 3 is 2.56 bits per heavy atom. The Hall–Kier alpha value is -1.02. The van der Waals surface area contributed by atoms with E-state index in [2.05, 4.69) is 34.5 Å². The first-order chi connectivity index (χ1) is 8.95. The lowest BCUT2D eigenvalue weighted by Crippen LogP contribution is -2.33. The second-order valence-electron chi connectivity index (χ2n) is 5.61. The van der Waals surface area contributed by atoms with Crippen LogP contribution in [0.3, 0.4) is 0 Å². The minimum atomic E-state index is 0.580. The molecule has 0 aliphatic carbocycles. The van der Waals surface area contributed by atoms with Crippen molar-refractivity contribution in [2.75, 3.05) is 24.5 Å². The van der Waals surface area contributed by atoms with Crippen LogP contribution >= 0.6 is 0 Å². The third kappa shape index (κ3) is 2.54. The first-order valence-electron chi connectivity index (χ1n) is 7.52. The number of benzene rings is 1. The Kier molecular flexibility index (Phi) is 3.84. The maximum absolute atomic E-state index is 3.69. The highest BCUT2D eigenvalue weighted by atomic mass is 15.1. The van der Waals surface area contributed by atoms with Crippen molar-refractivity contribution in [2.24, 2.45) is 0 Å². The maximum Gasteiger partial charge on any atom is 0.0414 e. The predicted molar refractivity (Wildman–Crippen MR) is 77.1 cm³/mol. The van der Waals surface area contributed by atoms with Gasteiger partial charge in [-0.05, 0) is 50.3 Å². The second-order valence-corrected chi connectivity index (χ2v) is 5.61. The number of hydrogen-bond acceptors (Lipinski definition) is 2. The Morgan fingerprint density at radius 2 is 1.78 bits per heavy atom. The van der Waals surface area contributed by atoms with Crippen LogP contribution in [0.15, 0.2) is 24.3 Å². The molecule has 98 valence electrons. The smallest absolute Gasteiger partial charge is 0.0414 e. The van der Waals surface area contributed by atoms with Crippen molar-refractivity contribution in [3.63, 3.8) is 0 Å². The summed E-state index contributed by atoms with van der Waals surface area (Å²) in [6, 6.07) is 9.61. The molecule has 2 heterocycles. The summed E-state index contributed by atoms with van der Waals surface area (Å²) in [5, 5.41) is 3.69. The van der Waals surface area contributed by atoms with E-state index in [9.17, 15) is 0 Å².